The molecule has 9 heteroatoms. The van der Waals surface area contributed by atoms with Crippen LogP contribution in [0.15, 0.2) is 22.5 Å². The zero-order chi connectivity index (χ0) is 14.8. The monoisotopic (exact) mass is 333 g/mol. The van der Waals surface area contributed by atoms with E-state index in [1.54, 1.807) is 25.3 Å². The van der Waals surface area contributed by atoms with Gasteiger partial charge in [-0.1, -0.05) is 29.0 Å². The van der Waals surface area contributed by atoms with E-state index in [0.29, 0.717) is 11.6 Å². The van der Waals surface area contributed by atoms with E-state index in [2.05, 4.69) is 14.7 Å². The lowest BCUT2D eigenvalue weighted by Gasteiger charge is -2.05. The summed E-state index contributed by atoms with van der Waals surface area (Å²) in [7, 11) is -2.11. The normalized spacial score (nSPS) is 11.6. The summed E-state index contributed by atoms with van der Waals surface area (Å²) in [6.45, 7) is 1.74. The van der Waals surface area contributed by atoms with Crippen LogP contribution in [0.2, 0.25) is 4.47 Å². The number of methoxy groups -OCH3 is 1. The molecule has 6 nitrogen and oxygen atoms in total. The third-order valence-electron chi connectivity index (χ3n) is 2.45. The summed E-state index contributed by atoms with van der Waals surface area (Å²) in [4.78, 5) is 7.90. The molecule has 0 amide bonds. The molecule has 20 heavy (non-hydrogen) atoms. The summed E-state index contributed by atoms with van der Waals surface area (Å²) < 4.78 is 32.0. The van der Waals surface area contributed by atoms with Crippen LogP contribution in [-0.4, -0.2) is 25.5 Å². The van der Waals surface area contributed by atoms with Crippen molar-refractivity contribution in [3.8, 4) is 5.88 Å². The molecular weight excluding hydrogens is 322 g/mol. The summed E-state index contributed by atoms with van der Waals surface area (Å²) in [5.74, 6) is 0.474. The SMILES string of the molecule is COc1ccc(CNS(=O)(=O)c2sc(Cl)nc2C)cn1. The first kappa shape index (κ1) is 15.2. The smallest absolute Gasteiger partial charge is 0.252 e. The molecule has 2 rings (SSSR count). The van der Waals surface area contributed by atoms with Crippen molar-refractivity contribution in [2.45, 2.75) is 17.7 Å². The van der Waals surface area contributed by atoms with Crippen molar-refractivity contribution >= 4 is 33.0 Å². The maximum Gasteiger partial charge on any atom is 0.252 e. The fourth-order valence-corrected chi connectivity index (χ4v) is 4.28. The van der Waals surface area contributed by atoms with Gasteiger partial charge in [-0.15, -0.1) is 0 Å². The Bertz CT molecular complexity index is 698. The molecule has 0 aliphatic heterocycles. The Balaban J connectivity index is 2.11. The van der Waals surface area contributed by atoms with Crippen LogP contribution in [0.1, 0.15) is 11.3 Å². The minimum Gasteiger partial charge on any atom is -0.481 e. The third kappa shape index (κ3) is 3.45. The van der Waals surface area contributed by atoms with Crippen LogP contribution in [0.4, 0.5) is 0 Å². The number of nitrogens with one attached hydrogen (secondary N) is 1. The summed E-state index contributed by atoms with van der Waals surface area (Å²) in [6, 6.07) is 3.40. The van der Waals surface area contributed by atoms with E-state index in [1.807, 2.05) is 0 Å². The van der Waals surface area contributed by atoms with Gasteiger partial charge in [0.1, 0.15) is 0 Å². The topological polar surface area (TPSA) is 81.2 Å². The number of pyridine rings is 1. The van der Waals surface area contributed by atoms with E-state index < -0.39 is 10.0 Å². The molecule has 2 aromatic heterocycles. The molecule has 2 aromatic rings. The van der Waals surface area contributed by atoms with Crippen LogP contribution in [0.25, 0.3) is 0 Å². The Labute approximate surface area is 125 Å². The Morgan fingerprint density at radius 3 is 2.70 bits per heavy atom. The van der Waals surface area contributed by atoms with Crippen LogP contribution in [0.3, 0.4) is 0 Å². The number of halogens is 1. The number of hydrogen-bond acceptors (Lipinski definition) is 6. The number of aromatic nitrogens is 2. The molecule has 0 aliphatic rings. The van der Waals surface area contributed by atoms with Gasteiger partial charge >= 0.3 is 0 Å². The van der Waals surface area contributed by atoms with Crippen molar-refractivity contribution < 1.29 is 13.2 Å². The number of aryl methyl sites for hydroxylation is 1. The number of ether oxygens (including phenoxy) is 1. The maximum atomic E-state index is 12.1. The van der Waals surface area contributed by atoms with Crippen LogP contribution in [-0.2, 0) is 16.6 Å². The number of rotatable bonds is 5. The van der Waals surface area contributed by atoms with Crippen molar-refractivity contribution in [1.29, 1.82) is 0 Å². The Morgan fingerprint density at radius 1 is 1.45 bits per heavy atom. The second-order valence-electron chi connectivity index (χ2n) is 3.87. The highest BCUT2D eigenvalue weighted by Gasteiger charge is 2.21. The Hall–Kier alpha value is -1.22. The summed E-state index contributed by atoms with van der Waals surface area (Å²) in [6.07, 6.45) is 1.55. The van der Waals surface area contributed by atoms with E-state index in [-0.39, 0.29) is 15.2 Å². The molecule has 0 atom stereocenters. The molecule has 0 unspecified atom stereocenters. The van der Waals surface area contributed by atoms with Gasteiger partial charge in [0.05, 0.1) is 12.8 Å². The molecule has 0 fully saturated rings. The van der Waals surface area contributed by atoms with E-state index in [4.69, 9.17) is 16.3 Å². The zero-order valence-electron chi connectivity index (χ0n) is 10.8. The van der Waals surface area contributed by atoms with Gasteiger partial charge in [-0.25, -0.2) is 23.1 Å². The first-order chi connectivity index (χ1) is 9.42. The van der Waals surface area contributed by atoms with Crippen molar-refractivity contribution in [2.24, 2.45) is 0 Å². The third-order valence-corrected chi connectivity index (χ3v) is 5.72. The lowest BCUT2D eigenvalue weighted by Crippen LogP contribution is -2.23. The molecule has 0 bridgehead atoms. The fraction of sp³-hybridized carbons (Fsp3) is 0.273. The number of sulfonamides is 1. The highest BCUT2D eigenvalue weighted by molar-refractivity contribution is 7.91. The summed E-state index contributed by atoms with van der Waals surface area (Å²) in [5.41, 5.74) is 1.11. The molecule has 2 heterocycles. The van der Waals surface area contributed by atoms with Gasteiger partial charge in [0.2, 0.25) is 5.88 Å². The maximum absolute atomic E-state index is 12.1. The van der Waals surface area contributed by atoms with E-state index >= 15 is 0 Å². The van der Waals surface area contributed by atoms with Crippen LogP contribution in [0, 0.1) is 6.92 Å². The van der Waals surface area contributed by atoms with Crippen molar-refractivity contribution in [3.05, 3.63) is 34.1 Å². The average Bonchev–Trinajstić information content (AvgIpc) is 2.77. The van der Waals surface area contributed by atoms with Crippen LogP contribution in [0.5, 0.6) is 5.88 Å². The quantitative estimate of drug-likeness (QED) is 0.905. The highest BCUT2D eigenvalue weighted by atomic mass is 35.5. The Morgan fingerprint density at radius 2 is 2.20 bits per heavy atom. The number of hydrogen-bond donors (Lipinski definition) is 1. The second kappa shape index (κ2) is 6.04. The molecule has 0 saturated heterocycles. The second-order valence-corrected chi connectivity index (χ2v) is 7.42. The van der Waals surface area contributed by atoms with Gasteiger partial charge in [-0.05, 0) is 12.5 Å². The van der Waals surface area contributed by atoms with Crippen molar-refractivity contribution in [1.82, 2.24) is 14.7 Å². The van der Waals surface area contributed by atoms with Crippen molar-refractivity contribution in [2.75, 3.05) is 7.11 Å². The largest absolute Gasteiger partial charge is 0.481 e. The molecule has 0 saturated carbocycles. The van der Waals surface area contributed by atoms with Gasteiger partial charge < -0.3 is 4.74 Å². The van der Waals surface area contributed by atoms with E-state index in [9.17, 15) is 8.42 Å². The molecule has 0 radical (unpaired) electrons. The van der Waals surface area contributed by atoms with Gasteiger partial charge in [0, 0.05) is 18.8 Å². The van der Waals surface area contributed by atoms with Gasteiger partial charge in [0.25, 0.3) is 10.0 Å². The van der Waals surface area contributed by atoms with Crippen LogP contribution >= 0.6 is 22.9 Å². The lowest BCUT2D eigenvalue weighted by molar-refractivity contribution is 0.397. The van der Waals surface area contributed by atoms with Gasteiger partial charge in [-0.2, -0.15) is 0 Å². The minimum atomic E-state index is -3.62. The predicted octanol–water partition coefficient (Wildman–Crippen LogP) is 1.99. The minimum absolute atomic E-state index is 0.129. The predicted molar refractivity (Wildman–Crippen MR) is 76.7 cm³/mol. The van der Waals surface area contributed by atoms with E-state index in [1.165, 1.54) is 7.11 Å². The summed E-state index contributed by atoms with van der Waals surface area (Å²) in [5, 5.41) is 0. The molecule has 1 N–H and O–H groups in total. The molecule has 0 spiro atoms. The van der Waals surface area contributed by atoms with Gasteiger partial charge in [0.15, 0.2) is 8.68 Å². The van der Waals surface area contributed by atoms with Crippen LogP contribution < -0.4 is 9.46 Å². The summed E-state index contributed by atoms with van der Waals surface area (Å²) >= 11 is 6.64. The first-order valence-corrected chi connectivity index (χ1v) is 8.21. The average molecular weight is 334 g/mol. The zero-order valence-corrected chi connectivity index (χ0v) is 13.1. The molecular formula is C11H12ClN3O3S2. The molecule has 0 aliphatic carbocycles. The standard InChI is InChI=1S/C11H12ClN3O3S2/c1-7-10(19-11(12)15-7)20(16,17)14-6-8-3-4-9(18-2)13-5-8/h3-5,14H,6H2,1-2H3. The Kier molecular flexibility index (Phi) is 4.59. The number of thiazole rings is 1. The fourth-order valence-electron chi connectivity index (χ4n) is 1.48. The highest BCUT2D eigenvalue weighted by Crippen LogP contribution is 2.26. The van der Waals surface area contributed by atoms with E-state index in [0.717, 1.165) is 16.9 Å². The number of nitrogens with zero attached hydrogens (tertiary/aromatic N) is 2. The first-order valence-electron chi connectivity index (χ1n) is 5.54. The molecule has 0 aromatic carbocycles. The molecule has 108 valence electrons. The van der Waals surface area contributed by atoms with Crippen molar-refractivity contribution in [3.63, 3.8) is 0 Å². The van der Waals surface area contributed by atoms with Gasteiger partial charge in [-0.3, -0.25) is 0 Å². The lowest BCUT2D eigenvalue weighted by atomic mass is 10.3.